The number of thiocarbonyl (C=S) groups is 1. The number of hydrogen-bond acceptors (Lipinski definition) is 2. The first kappa shape index (κ1) is 13.8. The molecule has 0 radical (unpaired) electrons. The third kappa shape index (κ3) is 2.96. The van der Waals surface area contributed by atoms with Crippen LogP contribution >= 0.6 is 12.2 Å². The summed E-state index contributed by atoms with van der Waals surface area (Å²) >= 11 is 5.58. The fraction of sp³-hybridized carbons (Fsp3) is 0.562. The number of aryl methyl sites for hydroxylation is 2. The lowest BCUT2D eigenvalue weighted by molar-refractivity contribution is 0.114. The van der Waals surface area contributed by atoms with Crippen LogP contribution in [-0.2, 0) is 11.2 Å². The predicted octanol–water partition coefficient (Wildman–Crippen LogP) is 2.80. The Balaban J connectivity index is 1.66. The summed E-state index contributed by atoms with van der Waals surface area (Å²) in [6.45, 7) is 4.88. The maximum Gasteiger partial charge on any atom is 0.173 e. The molecule has 0 amide bonds. The Hall–Kier alpha value is -1.13. The number of anilines is 1. The van der Waals surface area contributed by atoms with E-state index >= 15 is 0 Å². The van der Waals surface area contributed by atoms with Gasteiger partial charge >= 0.3 is 0 Å². The van der Waals surface area contributed by atoms with Crippen LogP contribution in [0.2, 0.25) is 0 Å². The highest BCUT2D eigenvalue weighted by Crippen LogP contribution is 2.28. The second-order valence-corrected chi connectivity index (χ2v) is 6.10. The number of rotatable bonds is 2. The van der Waals surface area contributed by atoms with Gasteiger partial charge in [-0.3, -0.25) is 0 Å². The van der Waals surface area contributed by atoms with E-state index in [1.807, 2.05) is 0 Å². The van der Waals surface area contributed by atoms with Crippen LogP contribution in [0.25, 0.3) is 0 Å². The van der Waals surface area contributed by atoms with E-state index in [-0.39, 0.29) is 0 Å². The quantitative estimate of drug-likeness (QED) is 0.847. The summed E-state index contributed by atoms with van der Waals surface area (Å²) in [5.74, 6) is 0. The van der Waals surface area contributed by atoms with Gasteiger partial charge in [0.2, 0.25) is 0 Å². The van der Waals surface area contributed by atoms with Crippen molar-refractivity contribution >= 4 is 23.0 Å². The molecular formula is C16H22N2OS. The lowest BCUT2D eigenvalue weighted by Gasteiger charge is -2.32. The molecule has 0 spiro atoms. The van der Waals surface area contributed by atoms with Crippen LogP contribution < -0.4 is 10.2 Å². The Morgan fingerprint density at radius 2 is 2.35 bits per heavy atom. The van der Waals surface area contributed by atoms with Crippen LogP contribution in [-0.4, -0.2) is 30.9 Å². The number of hydrogen-bond donors (Lipinski definition) is 1. The van der Waals surface area contributed by atoms with Crippen molar-refractivity contribution in [2.45, 2.75) is 38.7 Å². The molecule has 3 nitrogen and oxygen atoms in total. The number of nitrogens with zero attached hydrogens (tertiary/aromatic N) is 1. The van der Waals surface area contributed by atoms with E-state index < -0.39 is 0 Å². The van der Waals surface area contributed by atoms with Crippen LogP contribution in [0.15, 0.2) is 18.2 Å². The van der Waals surface area contributed by atoms with Crippen LogP contribution in [0.5, 0.6) is 0 Å². The topological polar surface area (TPSA) is 24.5 Å². The summed E-state index contributed by atoms with van der Waals surface area (Å²) in [5, 5.41) is 4.22. The normalized spacial score (nSPS) is 21.6. The molecule has 0 saturated carbocycles. The van der Waals surface area contributed by atoms with Crippen molar-refractivity contribution in [3.05, 3.63) is 29.3 Å². The standard InChI is InChI=1S/C16H22N2OS/c1-12-6-7-15-13(10-12)4-2-8-18(15)16(20)17-11-14-5-3-9-19-14/h6-7,10,14H,2-5,8-9,11H2,1H3,(H,17,20)/t14-/m0/s1. The van der Waals surface area contributed by atoms with Gasteiger partial charge in [0.15, 0.2) is 5.11 Å². The van der Waals surface area contributed by atoms with Gasteiger partial charge in [0, 0.05) is 25.4 Å². The lowest BCUT2D eigenvalue weighted by Crippen LogP contribution is -2.45. The summed E-state index contributed by atoms with van der Waals surface area (Å²) in [7, 11) is 0. The highest BCUT2D eigenvalue weighted by molar-refractivity contribution is 7.80. The van der Waals surface area contributed by atoms with Gasteiger partial charge in [-0.25, -0.2) is 0 Å². The molecule has 1 aromatic carbocycles. The van der Waals surface area contributed by atoms with Crippen molar-refractivity contribution in [3.8, 4) is 0 Å². The van der Waals surface area contributed by atoms with Crippen LogP contribution in [0.1, 0.15) is 30.4 Å². The van der Waals surface area contributed by atoms with Gasteiger partial charge in [-0.15, -0.1) is 0 Å². The minimum atomic E-state index is 0.329. The molecule has 1 aromatic rings. The second kappa shape index (κ2) is 6.10. The molecule has 20 heavy (non-hydrogen) atoms. The van der Waals surface area contributed by atoms with Gasteiger partial charge in [-0.1, -0.05) is 17.7 Å². The van der Waals surface area contributed by atoms with E-state index in [0.717, 1.165) is 44.1 Å². The van der Waals surface area contributed by atoms with E-state index in [4.69, 9.17) is 17.0 Å². The van der Waals surface area contributed by atoms with Crippen molar-refractivity contribution in [1.29, 1.82) is 0 Å². The van der Waals surface area contributed by atoms with Crippen LogP contribution in [0.3, 0.4) is 0 Å². The molecule has 1 atom stereocenters. The average Bonchev–Trinajstić information content (AvgIpc) is 2.97. The Kier molecular flexibility index (Phi) is 4.22. The Morgan fingerprint density at radius 3 is 3.15 bits per heavy atom. The van der Waals surface area contributed by atoms with Gasteiger partial charge in [0.25, 0.3) is 0 Å². The minimum Gasteiger partial charge on any atom is -0.376 e. The Bertz CT molecular complexity index is 497. The molecule has 1 saturated heterocycles. The summed E-state index contributed by atoms with van der Waals surface area (Å²) in [6, 6.07) is 6.65. The van der Waals surface area contributed by atoms with Gasteiger partial charge in [-0.2, -0.15) is 0 Å². The van der Waals surface area contributed by atoms with Gasteiger partial charge in [0.05, 0.1) is 6.10 Å². The highest BCUT2D eigenvalue weighted by atomic mass is 32.1. The molecular weight excluding hydrogens is 268 g/mol. The summed E-state index contributed by atoms with van der Waals surface area (Å²) in [4.78, 5) is 2.24. The van der Waals surface area contributed by atoms with Gasteiger partial charge < -0.3 is 15.0 Å². The van der Waals surface area contributed by atoms with Crippen molar-refractivity contribution in [2.75, 3.05) is 24.6 Å². The van der Waals surface area contributed by atoms with Crippen LogP contribution in [0, 0.1) is 6.92 Å². The van der Waals surface area contributed by atoms with Gasteiger partial charge in [0.1, 0.15) is 0 Å². The van der Waals surface area contributed by atoms with E-state index in [9.17, 15) is 0 Å². The predicted molar refractivity (Wildman–Crippen MR) is 86.4 cm³/mol. The fourth-order valence-electron chi connectivity index (χ4n) is 3.04. The maximum atomic E-state index is 5.64. The zero-order chi connectivity index (χ0) is 13.9. The number of benzene rings is 1. The SMILES string of the molecule is Cc1ccc2c(c1)CCCN2C(=S)NC[C@@H]1CCCO1. The average molecular weight is 290 g/mol. The number of nitrogens with one attached hydrogen (secondary N) is 1. The third-order valence-corrected chi connectivity index (χ3v) is 4.47. The van der Waals surface area contributed by atoms with Crippen molar-refractivity contribution in [2.24, 2.45) is 0 Å². The number of fused-ring (bicyclic) bond motifs is 1. The summed E-state index contributed by atoms with van der Waals surface area (Å²) < 4.78 is 5.64. The van der Waals surface area contributed by atoms with E-state index in [1.165, 1.54) is 23.2 Å². The smallest absolute Gasteiger partial charge is 0.173 e. The lowest BCUT2D eigenvalue weighted by atomic mass is 10.00. The minimum absolute atomic E-state index is 0.329. The molecule has 108 valence electrons. The van der Waals surface area contributed by atoms with Crippen molar-refractivity contribution < 1.29 is 4.74 Å². The molecule has 0 aromatic heterocycles. The molecule has 4 heteroatoms. The molecule has 3 rings (SSSR count). The first-order valence-electron chi connectivity index (χ1n) is 7.50. The van der Waals surface area contributed by atoms with E-state index in [1.54, 1.807) is 0 Å². The van der Waals surface area contributed by atoms with E-state index in [2.05, 4.69) is 35.3 Å². The van der Waals surface area contributed by atoms with Crippen LogP contribution in [0.4, 0.5) is 5.69 Å². The fourth-order valence-corrected chi connectivity index (χ4v) is 3.31. The largest absolute Gasteiger partial charge is 0.376 e. The molecule has 1 fully saturated rings. The zero-order valence-corrected chi connectivity index (χ0v) is 12.8. The highest BCUT2D eigenvalue weighted by Gasteiger charge is 2.21. The molecule has 1 N–H and O–H groups in total. The number of ether oxygens (including phenoxy) is 1. The third-order valence-electron chi connectivity index (χ3n) is 4.10. The molecule has 0 aliphatic carbocycles. The first-order chi connectivity index (χ1) is 9.74. The van der Waals surface area contributed by atoms with Crippen molar-refractivity contribution in [3.63, 3.8) is 0 Å². The molecule has 2 aliphatic rings. The molecule has 0 bridgehead atoms. The maximum absolute atomic E-state index is 5.64. The summed E-state index contributed by atoms with van der Waals surface area (Å²) in [5.41, 5.74) is 4.01. The van der Waals surface area contributed by atoms with E-state index in [0.29, 0.717) is 6.10 Å². The summed E-state index contributed by atoms with van der Waals surface area (Å²) in [6.07, 6.45) is 4.96. The second-order valence-electron chi connectivity index (χ2n) is 5.71. The van der Waals surface area contributed by atoms with Crippen molar-refractivity contribution in [1.82, 2.24) is 5.32 Å². The molecule has 2 heterocycles. The first-order valence-corrected chi connectivity index (χ1v) is 7.91. The Morgan fingerprint density at radius 1 is 1.45 bits per heavy atom. The molecule has 0 unspecified atom stereocenters. The zero-order valence-electron chi connectivity index (χ0n) is 12.0. The van der Waals surface area contributed by atoms with Gasteiger partial charge in [-0.05, 0) is 56.5 Å². The monoisotopic (exact) mass is 290 g/mol. The Labute approximate surface area is 126 Å². The molecule has 2 aliphatic heterocycles.